The number of nitrogens with zero attached hydrogens (tertiary/aromatic N) is 1. The minimum absolute atomic E-state index is 0.0148. The quantitative estimate of drug-likeness (QED) is 0.320. The van der Waals surface area contributed by atoms with Crippen LogP contribution in [0, 0.1) is 0 Å². The highest BCUT2D eigenvalue weighted by atomic mass is 16.3. The number of phenolic OH excluding ortho intramolecular Hbond substituents is 1. The number of hydrogen-bond donors (Lipinski definition) is 2. The van der Waals surface area contributed by atoms with Gasteiger partial charge < -0.3 is 15.0 Å². The lowest BCUT2D eigenvalue weighted by Crippen LogP contribution is -2.19. The summed E-state index contributed by atoms with van der Waals surface area (Å²) in [6, 6.07) is 20.9. The summed E-state index contributed by atoms with van der Waals surface area (Å²) in [7, 11) is 0. The zero-order valence-electron chi connectivity index (χ0n) is 22.1. The SMILES string of the molecule is CC(C)(C)c1cc([C@H]2CC(=O)Nc3cccc4c3c2cn4Cc2ccccc2)cc(C(C)(C)C)c1O. The highest BCUT2D eigenvalue weighted by Crippen LogP contribution is 2.46. The van der Waals surface area contributed by atoms with E-state index in [-0.39, 0.29) is 22.7 Å². The van der Waals surface area contributed by atoms with Gasteiger partial charge in [0.2, 0.25) is 5.91 Å². The van der Waals surface area contributed by atoms with E-state index in [0.29, 0.717) is 12.2 Å². The molecule has 1 aromatic heterocycles. The highest BCUT2D eigenvalue weighted by Gasteiger charge is 2.32. The van der Waals surface area contributed by atoms with Gasteiger partial charge in [0.05, 0.1) is 11.2 Å². The summed E-state index contributed by atoms with van der Waals surface area (Å²) in [5.74, 6) is 0.265. The van der Waals surface area contributed by atoms with Crippen molar-refractivity contribution in [3.63, 3.8) is 0 Å². The van der Waals surface area contributed by atoms with Crippen LogP contribution in [0.2, 0.25) is 0 Å². The Morgan fingerprint density at radius 3 is 2.17 bits per heavy atom. The fraction of sp³-hybridized carbons (Fsp3) is 0.344. The van der Waals surface area contributed by atoms with Crippen molar-refractivity contribution >= 4 is 22.5 Å². The smallest absolute Gasteiger partial charge is 0.225 e. The summed E-state index contributed by atoms with van der Waals surface area (Å²) in [4.78, 5) is 13.1. The lowest BCUT2D eigenvalue weighted by molar-refractivity contribution is -0.116. The van der Waals surface area contributed by atoms with E-state index in [2.05, 4.69) is 100 Å². The normalized spacial score (nSPS) is 16.2. The first-order valence-corrected chi connectivity index (χ1v) is 12.8. The molecule has 1 atom stereocenters. The molecular weight excluding hydrogens is 444 g/mol. The van der Waals surface area contributed by atoms with E-state index in [1.54, 1.807) is 0 Å². The van der Waals surface area contributed by atoms with Crippen molar-refractivity contribution in [2.45, 2.75) is 71.3 Å². The van der Waals surface area contributed by atoms with Crippen LogP contribution in [0.25, 0.3) is 10.9 Å². The fourth-order valence-electron chi connectivity index (χ4n) is 5.46. The third kappa shape index (κ3) is 4.30. The minimum Gasteiger partial charge on any atom is -0.507 e. The lowest BCUT2D eigenvalue weighted by atomic mass is 9.76. The Hall–Kier alpha value is -3.53. The molecule has 1 amide bonds. The average molecular weight is 481 g/mol. The van der Waals surface area contributed by atoms with Gasteiger partial charge in [-0.3, -0.25) is 4.79 Å². The number of anilines is 1. The van der Waals surface area contributed by atoms with Gasteiger partial charge in [-0.05, 0) is 50.8 Å². The monoisotopic (exact) mass is 480 g/mol. The summed E-state index contributed by atoms with van der Waals surface area (Å²) in [5, 5.41) is 15.6. The molecule has 3 aromatic carbocycles. The van der Waals surface area contributed by atoms with Crippen LogP contribution in [0.3, 0.4) is 0 Å². The molecule has 4 aromatic rings. The zero-order valence-corrected chi connectivity index (χ0v) is 22.1. The van der Waals surface area contributed by atoms with Crippen LogP contribution < -0.4 is 5.32 Å². The summed E-state index contributed by atoms with van der Waals surface area (Å²) in [6.07, 6.45) is 2.59. The average Bonchev–Trinajstić information content (AvgIpc) is 3.08. The van der Waals surface area contributed by atoms with Crippen LogP contribution in [0.1, 0.15) is 81.7 Å². The summed E-state index contributed by atoms with van der Waals surface area (Å²) < 4.78 is 2.30. The van der Waals surface area contributed by atoms with Crippen molar-refractivity contribution in [1.82, 2.24) is 4.57 Å². The Morgan fingerprint density at radius 1 is 0.917 bits per heavy atom. The number of carbonyl (C=O) groups excluding carboxylic acids is 1. The van der Waals surface area contributed by atoms with Gasteiger partial charge in [-0.1, -0.05) is 90.1 Å². The third-order valence-electron chi connectivity index (χ3n) is 7.32. The first kappa shape index (κ1) is 24.2. The molecule has 0 fully saturated rings. The predicted octanol–water partition coefficient (Wildman–Crippen LogP) is 7.46. The van der Waals surface area contributed by atoms with E-state index < -0.39 is 0 Å². The van der Waals surface area contributed by atoms with E-state index in [9.17, 15) is 9.90 Å². The fourth-order valence-corrected chi connectivity index (χ4v) is 5.46. The number of rotatable bonds is 3. The summed E-state index contributed by atoms with van der Waals surface area (Å²) in [5.41, 5.74) is 6.81. The van der Waals surface area contributed by atoms with Crippen LogP contribution >= 0.6 is 0 Å². The summed E-state index contributed by atoms with van der Waals surface area (Å²) in [6.45, 7) is 13.5. The van der Waals surface area contributed by atoms with Crippen LogP contribution in [0.15, 0.2) is 66.9 Å². The van der Waals surface area contributed by atoms with E-state index in [1.165, 1.54) is 5.56 Å². The largest absolute Gasteiger partial charge is 0.507 e. The molecule has 0 radical (unpaired) electrons. The second-order valence-corrected chi connectivity index (χ2v) is 12.2. The van der Waals surface area contributed by atoms with Crippen LogP contribution in [-0.2, 0) is 22.2 Å². The molecule has 1 aliphatic rings. The Kier molecular flexibility index (Phi) is 5.74. The number of amides is 1. The second-order valence-electron chi connectivity index (χ2n) is 12.2. The second kappa shape index (κ2) is 8.55. The zero-order chi connectivity index (χ0) is 25.8. The van der Waals surface area contributed by atoms with Crippen molar-refractivity contribution in [3.8, 4) is 5.75 Å². The maximum absolute atomic E-state index is 13.1. The molecule has 0 saturated carbocycles. The Bertz CT molecular complexity index is 1410. The molecule has 5 rings (SSSR count). The molecule has 0 aliphatic carbocycles. The van der Waals surface area contributed by atoms with Crippen molar-refractivity contribution in [2.24, 2.45) is 0 Å². The molecule has 1 aliphatic heterocycles. The number of benzene rings is 3. The van der Waals surface area contributed by atoms with Crippen LogP contribution in [0.4, 0.5) is 5.69 Å². The molecule has 0 unspecified atom stereocenters. The topological polar surface area (TPSA) is 54.3 Å². The summed E-state index contributed by atoms with van der Waals surface area (Å²) >= 11 is 0. The van der Waals surface area contributed by atoms with Gasteiger partial charge in [0.25, 0.3) is 0 Å². The molecule has 2 N–H and O–H groups in total. The maximum Gasteiger partial charge on any atom is 0.225 e. The molecule has 2 heterocycles. The molecule has 4 nitrogen and oxygen atoms in total. The molecule has 4 heteroatoms. The van der Waals surface area contributed by atoms with Gasteiger partial charge in [0.1, 0.15) is 5.75 Å². The van der Waals surface area contributed by atoms with E-state index >= 15 is 0 Å². The Balaban J connectivity index is 1.75. The van der Waals surface area contributed by atoms with Gasteiger partial charge in [-0.2, -0.15) is 0 Å². The number of aromatic hydroxyl groups is 1. The van der Waals surface area contributed by atoms with Crippen molar-refractivity contribution in [3.05, 3.63) is 94.7 Å². The van der Waals surface area contributed by atoms with Gasteiger partial charge in [-0.25, -0.2) is 0 Å². The van der Waals surface area contributed by atoms with E-state index in [1.807, 2.05) is 18.2 Å². The molecule has 186 valence electrons. The van der Waals surface area contributed by atoms with Gasteiger partial charge in [0.15, 0.2) is 0 Å². The molecule has 0 spiro atoms. The minimum atomic E-state index is -0.237. The number of carbonyl (C=O) groups is 1. The van der Waals surface area contributed by atoms with Gasteiger partial charge in [0, 0.05) is 30.5 Å². The molecule has 36 heavy (non-hydrogen) atoms. The number of phenols is 1. The number of hydrogen-bond acceptors (Lipinski definition) is 2. The third-order valence-corrected chi connectivity index (χ3v) is 7.32. The van der Waals surface area contributed by atoms with Crippen molar-refractivity contribution in [1.29, 1.82) is 0 Å². The van der Waals surface area contributed by atoms with Gasteiger partial charge in [-0.15, -0.1) is 0 Å². The van der Waals surface area contributed by atoms with E-state index in [0.717, 1.165) is 45.4 Å². The van der Waals surface area contributed by atoms with E-state index in [4.69, 9.17) is 0 Å². The standard InChI is InChI=1S/C32H36N2O2/c1-31(2,3)24-15-21(16-25(30(24)36)32(4,5)6)22-17-28(35)33-26-13-10-14-27-29(26)23(22)19-34(27)18-20-11-8-7-9-12-20/h7-16,19,22,36H,17-18H2,1-6H3,(H,33,35)/t22-/m1/s1. The maximum atomic E-state index is 13.1. The predicted molar refractivity (Wildman–Crippen MR) is 148 cm³/mol. The van der Waals surface area contributed by atoms with Crippen molar-refractivity contribution < 1.29 is 9.90 Å². The molecular formula is C32H36N2O2. The number of aromatic nitrogens is 1. The Labute approximate surface area is 214 Å². The first-order valence-electron chi connectivity index (χ1n) is 12.8. The van der Waals surface area contributed by atoms with Gasteiger partial charge >= 0.3 is 0 Å². The first-order chi connectivity index (χ1) is 16.9. The van der Waals surface area contributed by atoms with Crippen molar-refractivity contribution in [2.75, 3.05) is 5.32 Å². The molecule has 0 bridgehead atoms. The lowest BCUT2D eigenvalue weighted by Gasteiger charge is -2.29. The van der Waals surface area contributed by atoms with Crippen LogP contribution in [0.5, 0.6) is 5.75 Å². The molecule has 0 saturated heterocycles. The highest BCUT2D eigenvalue weighted by molar-refractivity contribution is 6.06. The Morgan fingerprint density at radius 2 is 1.56 bits per heavy atom. The number of nitrogens with one attached hydrogen (secondary N) is 1. The van der Waals surface area contributed by atoms with Crippen LogP contribution in [-0.4, -0.2) is 15.6 Å².